The molecule has 0 saturated heterocycles. The minimum atomic E-state index is -0.796. The zero-order valence-electron chi connectivity index (χ0n) is 10.4. The van der Waals surface area contributed by atoms with Crippen LogP contribution in [-0.4, -0.2) is 25.2 Å². The molecule has 0 amide bonds. The van der Waals surface area contributed by atoms with Crippen molar-refractivity contribution in [2.45, 2.75) is 13.1 Å². The van der Waals surface area contributed by atoms with Crippen LogP contribution in [0.4, 0.5) is 5.69 Å². The van der Waals surface area contributed by atoms with Gasteiger partial charge in [0.25, 0.3) is 9.04 Å². The van der Waals surface area contributed by atoms with Crippen molar-refractivity contribution in [2.24, 2.45) is 4.99 Å². The first-order chi connectivity index (χ1) is 8.75. The Balaban J connectivity index is 2.21. The van der Waals surface area contributed by atoms with Crippen LogP contribution < -0.4 is 4.43 Å². The first-order valence-electron chi connectivity index (χ1n) is 5.64. The van der Waals surface area contributed by atoms with Crippen LogP contribution in [0, 0.1) is 0 Å². The standard InChI is InChI=1S/C13H14N3OSi/c1-18(2)17-12-7-4-3-6-11(12)16-10-13-14-8-5-9-15-13/h3-10H,1-2H3. The molecule has 0 aliphatic carbocycles. The van der Waals surface area contributed by atoms with Crippen LogP contribution in [0.2, 0.25) is 13.1 Å². The number of hydrogen-bond donors (Lipinski definition) is 0. The number of para-hydroxylation sites is 2. The summed E-state index contributed by atoms with van der Waals surface area (Å²) < 4.78 is 5.78. The molecule has 0 spiro atoms. The fraction of sp³-hybridized carbons (Fsp3) is 0.154. The van der Waals surface area contributed by atoms with Crippen molar-refractivity contribution in [3.8, 4) is 5.75 Å². The largest absolute Gasteiger partial charge is 0.541 e. The van der Waals surface area contributed by atoms with Gasteiger partial charge in [0.05, 0.1) is 6.21 Å². The molecular formula is C13H14N3OSi. The van der Waals surface area contributed by atoms with E-state index in [2.05, 4.69) is 28.1 Å². The van der Waals surface area contributed by atoms with E-state index in [1.54, 1.807) is 24.7 Å². The van der Waals surface area contributed by atoms with Crippen LogP contribution in [0.25, 0.3) is 0 Å². The highest BCUT2D eigenvalue weighted by Gasteiger charge is 2.04. The smallest absolute Gasteiger partial charge is 0.274 e. The molecule has 4 nitrogen and oxygen atoms in total. The molecule has 0 fully saturated rings. The van der Waals surface area contributed by atoms with Gasteiger partial charge in [0, 0.05) is 12.4 Å². The molecule has 1 aromatic heterocycles. The van der Waals surface area contributed by atoms with Gasteiger partial charge < -0.3 is 4.43 Å². The molecule has 91 valence electrons. The summed E-state index contributed by atoms with van der Waals surface area (Å²) in [7, 11) is -0.796. The zero-order chi connectivity index (χ0) is 12.8. The van der Waals surface area contributed by atoms with Crippen molar-refractivity contribution in [1.29, 1.82) is 0 Å². The molecule has 1 aromatic carbocycles. The van der Waals surface area contributed by atoms with Gasteiger partial charge in [-0.15, -0.1) is 0 Å². The van der Waals surface area contributed by atoms with Crippen LogP contribution >= 0.6 is 0 Å². The van der Waals surface area contributed by atoms with Crippen molar-refractivity contribution >= 4 is 20.9 Å². The summed E-state index contributed by atoms with van der Waals surface area (Å²) in [6.07, 6.45) is 5.02. The van der Waals surface area contributed by atoms with E-state index in [1.807, 2.05) is 24.3 Å². The molecular weight excluding hydrogens is 242 g/mol. The summed E-state index contributed by atoms with van der Waals surface area (Å²) in [4.78, 5) is 12.5. The summed E-state index contributed by atoms with van der Waals surface area (Å²) in [5.74, 6) is 1.40. The SMILES string of the molecule is C[Si](C)Oc1ccccc1N=Cc1ncccn1. The van der Waals surface area contributed by atoms with Crippen LogP contribution in [0.1, 0.15) is 5.82 Å². The summed E-state index contributed by atoms with van der Waals surface area (Å²) in [5.41, 5.74) is 0.802. The van der Waals surface area contributed by atoms with E-state index in [-0.39, 0.29) is 0 Å². The molecule has 1 heterocycles. The third-order valence-corrected chi connectivity index (χ3v) is 2.71. The van der Waals surface area contributed by atoms with Crippen LogP contribution in [0.5, 0.6) is 5.75 Å². The number of nitrogens with zero attached hydrogens (tertiary/aromatic N) is 3. The Morgan fingerprint density at radius 3 is 2.56 bits per heavy atom. The second kappa shape index (κ2) is 6.06. The number of aromatic nitrogens is 2. The second-order valence-corrected chi connectivity index (χ2v) is 5.86. The zero-order valence-corrected chi connectivity index (χ0v) is 11.4. The van der Waals surface area contributed by atoms with Gasteiger partial charge in [0.1, 0.15) is 11.4 Å². The molecule has 2 rings (SSSR count). The highest BCUT2D eigenvalue weighted by Crippen LogP contribution is 2.27. The maximum atomic E-state index is 5.78. The fourth-order valence-electron chi connectivity index (χ4n) is 1.37. The lowest BCUT2D eigenvalue weighted by molar-refractivity contribution is 0.582. The summed E-state index contributed by atoms with van der Waals surface area (Å²) in [5, 5.41) is 0. The van der Waals surface area contributed by atoms with E-state index >= 15 is 0 Å². The molecule has 0 bridgehead atoms. The van der Waals surface area contributed by atoms with Crippen molar-refractivity contribution in [3.05, 3.63) is 48.5 Å². The lowest BCUT2D eigenvalue weighted by Crippen LogP contribution is -2.11. The molecule has 18 heavy (non-hydrogen) atoms. The molecule has 1 radical (unpaired) electrons. The number of rotatable bonds is 4. The topological polar surface area (TPSA) is 47.4 Å². The Hall–Kier alpha value is -2.01. The molecule has 0 aliphatic rings. The van der Waals surface area contributed by atoms with Crippen molar-refractivity contribution in [3.63, 3.8) is 0 Å². The van der Waals surface area contributed by atoms with E-state index in [0.717, 1.165) is 11.4 Å². The Morgan fingerprint density at radius 2 is 1.83 bits per heavy atom. The van der Waals surface area contributed by atoms with Crippen LogP contribution in [0.15, 0.2) is 47.7 Å². The highest BCUT2D eigenvalue weighted by molar-refractivity contribution is 6.49. The van der Waals surface area contributed by atoms with E-state index in [4.69, 9.17) is 4.43 Å². The number of hydrogen-bond acceptors (Lipinski definition) is 4. The van der Waals surface area contributed by atoms with Gasteiger partial charge in [0.2, 0.25) is 0 Å². The van der Waals surface area contributed by atoms with E-state index < -0.39 is 9.04 Å². The maximum absolute atomic E-state index is 5.78. The molecule has 0 aliphatic heterocycles. The minimum Gasteiger partial charge on any atom is -0.541 e. The Labute approximate surface area is 108 Å². The van der Waals surface area contributed by atoms with Crippen molar-refractivity contribution < 1.29 is 4.43 Å². The minimum absolute atomic E-state index is 0.589. The lowest BCUT2D eigenvalue weighted by atomic mass is 10.3. The second-order valence-electron chi connectivity index (χ2n) is 3.84. The predicted molar refractivity (Wildman–Crippen MR) is 73.8 cm³/mol. The number of aliphatic imine (C=N–C) groups is 1. The normalized spacial score (nSPS) is 11.1. The van der Waals surface area contributed by atoms with Gasteiger partial charge in [-0.1, -0.05) is 12.1 Å². The first-order valence-corrected chi connectivity index (χ1v) is 8.04. The highest BCUT2D eigenvalue weighted by atomic mass is 28.3. The van der Waals surface area contributed by atoms with Gasteiger partial charge in [0.15, 0.2) is 5.82 Å². The fourth-order valence-corrected chi connectivity index (χ4v) is 1.99. The van der Waals surface area contributed by atoms with Crippen molar-refractivity contribution in [2.75, 3.05) is 0 Å². The molecule has 0 atom stereocenters. The van der Waals surface area contributed by atoms with E-state index in [9.17, 15) is 0 Å². The lowest BCUT2D eigenvalue weighted by Gasteiger charge is -2.10. The van der Waals surface area contributed by atoms with Crippen molar-refractivity contribution in [1.82, 2.24) is 9.97 Å². The molecule has 0 N–H and O–H groups in total. The average Bonchev–Trinajstić information content (AvgIpc) is 2.38. The summed E-state index contributed by atoms with van der Waals surface area (Å²) in [6.45, 7) is 4.18. The third-order valence-electron chi connectivity index (χ3n) is 2.08. The summed E-state index contributed by atoms with van der Waals surface area (Å²) >= 11 is 0. The maximum Gasteiger partial charge on any atom is 0.274 e. The third kappa shape index (κ3) is 3.49. The first kappa shape index (κ1) is 12.4. The molecule has 5 heteroatoms. The van der Waals surface area contributed by atoms with Gasteiger partial charge >= 0.3 is 0 Å². The number of benzene rings is 1. The monoisotopic (exact) mass is 256 g/mol. The van der Waals surface area contributed by atoms with E-state index in [0.29, 0.717) is 5.82 Å². The molecule has 2 aromatic rings. The van der Waals surface area contributed by atoms with Gasteiger partial charge in [-0.3, -0.25) is 0 Å². The Morgan fingerprint density at radius 1 is 1.11 bits per heavy atom. The predicted octanol–water partition coefficient (Wildman–Crippen LogP) is 2.86. The quantitative estimate of drug-likeness (QED) is 0.624. The Bertz CT molecular complexity index is 529. The van der Waals surface area contributed by atoms with Gasteiger partial charge in [-0.25, -0.2) is 15.0 Å². The van der Waals surface area contributed by atoms with E-state index in [1.165, 1.54) is 0 Å². The van der Waals surface area contributed by atoms with Crippen LogP contribution in [-0.2, 0) is 0 Å². The summed E-state index contributed by atoms with van der Waals surface area (Å²) in [6, 6.07) is 9.49. The van der Waals surface area contributed by atoms with Gasteiger partial charge in [-0.2, -0.15) is 0 Å². The molecule has 0 saturated carbocycles. The van der Waals surface area contributed by atoms with Crippen LogP contribution in [0.3, 0.4) is 0 Å². The Kier molecular flexibility index (Phi) is 4.19. The average molecular weight is 256 g/mol. The van der Waals surface area contributed by atoms with Gasteiger partial charge in [-0.05, 0) is 31.3 Å². The molecule has 0 unspecified atom stereocenters.